The standard InChI is InChI=1S/C21H25BrN2O3S/c1-23(18-10-4-2-5-11-18)21(25)16-24(19-12-8-9-17(22)15-19)28(26,27)20-13-6-3-7-14-20/h3,6-9,12-15,18H,2,4-5,10-11,16H2,1H3. The van der Waals surface area contributed by atoms with Crippen molar-refractivity contribution < 1.29 is 13.2 Å². The van der Waals surface area contributed by atoms with E-state index in [0.29, 0.717) is 5.69 Å². The number of sulfonamides is 1. The Hall–Kier alpha value is -1.86. The lowest BCUT2D eigenvalue weighted by Crippen LogP contribution is -2.45. The van der Waals surface area contributed by atoms with Gasteiger partial charge in [-0.2, -0.15) is 0 Å². The molecule has 0 bridgehead atoms. The van der Waals surface area contributed by atoms with Crippen LogP contribution in [0.3, 0.4) is 0 Å². The highest BCUT2D eigenvalue weighted by molar-refractivity contribution is 9.10. The third-order valence-electron chi connectivity index (χ3n) is 5.22. The minimum Gasteiger partial charge on any atom is -0.341 e. The summed E-state index contributed by atoms with van der Waals surface area (Å²) in [5.41, 5.74) is 0.462. The van der Waals surface area contributed by atoms with Crippen molar-refractivity contribution in [2.75, 3.05) is 17.9 Å². The molecule has 5 nitrogen and oxygen atoms in total. The highest BCUT2D eigenvalue weighted by Crippen LogP contribution is 2.27. The summed E-state index contributed by atoms with van der Waals surface area (Å²) >= 11 is 3.39. The average molecular weight is 465 g/mol. The molecule has 0 unspecified atom stereocenters. The lowest BCUT2D eigenvalue weighted by molar-refractivity contribution is -0.130. The molecule has 28 heavy (non-hydrogen) atoms. The zero-order valence-electron chi connectivity index (χ0n) is 15.9. The maximum Gasteiger partial charge on any atom is 0.264 e. The summed E-state index contributed by atoms with van der Waals surface area (Å²) in [6.07, 6.45) is 5.38. The number of carbonyl (C=O) groups excluding carboxylic acids is 1. The van der Waals surface area contributed by atoms with Gasteiger partial charge in [-0.3, -0.25) is 9.10 Å². The number of amides is 1. The van der Waals surface area contributed by atoms with E-state index in [1.165, 1.54) is 10.7 Å². The summed E-state index contributed by atoms with van der Waals surface area (Å²) in [6.45, 7) is -0.222. The van der Waals surface area contributed by atoms with Crippen molar-refractivity contribution in [2.45, 2.75) is 43.0 Å². The molecule has 150 valence electrons. The van der Waals surface area contributed by atoms with Gasteiger partial charge >= 0.3 is 0 Å². The van der Waals surface area contributed by atoms with Crippen molar-refractivity contribution in [3.63, 3.8) is 0 Å². The topological polar surface area (TPSA) is 57.7 Å². The van der Waals surface area contributed by atoms with Crippen LogP contribution in [0.4, 0.5) is 5.69 Å². The Morgan fingerprint density at radius 2 is 1.71 bits per heavy atom. The van der Waals surface area contributed by atoms with Crippen molar-refractivity contribution in [1.82, 2.24) is 4.90 Å². The largest absolute Gasteiger partial charge is 0.341 e. The number of likely N-dealkylation sites (N-methyl/N-ethyl adjacent to an activating group) is 1. The van der Waals surface area contributed by atoms with Crippen molar-refractivity contribution in [3.05, 3.63) is 59.1 Å². The fourth-order valence-corrected chi connectivity index (χ4v) is 5.39. The van der Waals surface area contributed by atoms with Crippen LogP contribution in [0.15, 0.2) is 64.0 Å². The monoisotopic (exact) mass is 464 g/mol. The number of anilines is 1. The minimum atomic E-state index is -3.87. The second kappa shape index (κ2) is 9.09. The van der Waals surface area contributed by atoms with E-state index in [2.05, 4.69) is 15.9 Å². The Morgan fingerprint density at radius 1 is 1.04 bits per heavy atom. The molecule has 1 fully saturated rings. The zero-order valence-corrected chi connectivity index (χ0v) is 18.3. The molecular formula is C21H25BrN2O3S. The van der Waals surface area contributed by atoms with E-state index in [9.17, 15) is 13.2 Å². The van der Waals surface area contributed by atoms with Crippen LogP contribution in [-0.4, -0.2) is 38.9 Å². The smallest absolute Gasteiger partial charge is 0.264 e. The quantitative estimate of drug-likeness (QED) is 0.634. The van der Waals surface area contributed by atoms with E-state index in [1.54, 1.807) is 60.5 Å². The first kappa shape index (κ1) is 20.9. The molecule has 1 amide bonds. The maximum atomic E-state index is 13.3. The third kappa shape index (κ3) is 4.75. The number of halogens is 1. The summed E-state index contributed by atoms with van der Waals surface area (Å²) in [7, 11) is -2.08. The number of carbonyl (C=O) groups is 1. The van der Waals surface area contributed by atoms with Crippen LogP contribution in [-0.2, 0) is 14.8 Å². The number of nitrogens with zero attached hydrogens (tertiary/aromatic N) is 2. The third-order valence-corrected chi connectivity index (χ3v) is 7.50. The fraction of sp³-hybridized carbons (Fsp3) is 0.381. The molecule has 0 saturated heterocycles. The van der Waals surface area contributed by atoms with E-state index in [0.717, 1.165) is 30.2 Å². The Labute approximate surface area is 175 Å². The number of rotatable bonds is 6. The Kier molecular flexibility index (Phi) is 6.78. The zero-order chi connectivity index (χ0) is 20.1. The van der Waals surface area contributed by atoms with Crippen molar-refractivity contribution >= 4 is 37.5 Å². The molecule has 2 aromatic rings. The molecule has 0 atom stereocenters. The summed E-state index contributed by atoms with van der Waals surface area (Å²) < 4.78 is 28.6. The van der Waals surface area contributed by atoms with Gasteiger partial charge in [0.25, 0.3) is 10.0 Å². The van der Waals surface area contributed by atoms with Crippen molar-refractivity contribution in [2.24, 2.45) is 0 Å². The van der Waals surface area contributed by atoms with Gasteiger partial charge in [0.15, 0.2) is 0 Å². The van der Waals surface area contributed by atoms with Gasteiger partial charge in [0.2, 0.25) is 5.91 Å². The predicted molar refractivity (Wildman–Crippen MR) is 115 cm³/mol. The van der Waals surface area contributed by atoms with Gasteiger partial charge in [-0.15, -0.1) is 0 Å². The van der Waals surface area contributed by atoms with Crippen LogP contribution in [0.1, 0.15) is 32.1 Å². The minimum absolute atomic E-state index is 0.170. The second-order valence-corrected chi connectivity index (χ2v) is 9.88. The van der Waals surface area contributed by atoms with E-state index in [-0.39, 0.29) is 23.4 Å². The highest BCUT2D eigenvalue weighted by Gasteiger charge is 2.30. The predicted octanol–water partition coefficient (Wildman–Crippen LogP) is 4.44. The van der Waals surface area contributed by atoms with Crippen molar-refractivity contribution in [3.8, 4) is 0 Å². The number of hydrogen-bond donors (Lipinski definition) is 0. The summed E-state index contributed by atoms with van der Waals surface area (Å²) in [4.78, 5) is 14.9. The first-order valence-corrected chi connectivity index (χ1v) is 11.7. The van der Waals surface area contributed by atoms with Gasteiger partial charge in [0.05, 0.1) is 10.6 Å². The van der Waals surface area contributed by atoms with Gasteiger partial charge in [-0.1, -0.05) is 59.5 Å². The Bertz CT molecular complexity index is 912. The van der Waals surface area contributed by atoms with Gasteiger partial charge in [0.1, 0.15) is 6.54 Å². The maximum absolute atomic E-state index is 13.3. The molecular weight excluding hydrogens is 440 g/mol. The van der Waals surface area contributed by atoms with Crippen LogP contribution >= 0.6 is 15.9 Å². The lowest BCUT2D eigenvalue weighted by atomic mass is 9.94. The van der Waals surface area contributed by atoms with Crippen LogP contribution in [0.2, 0.25) is 0 Å². The Balaban J connectivity index is 1.92. The van der Waals surface area contributed by atoms with E-state index >= 15 is 0 Å². The van der Waals surface area contributed by atoms with E-state index < -0.39 is 10.0 Å². The van der Waals surface area contributed by atoms with E-state index in [1.807, 2.05) is 6.07 Å². The van der Waals surface area contributed by atoms with Crippen LogP contribution in [0.5, 0.6) is 0 Å². The van der Waals surface area contributed by atoms with Gasteiger partial charge in [0, 0.05) is 17.6 Å². The molecule has 1 aliphatic rings. The van der Waals surface area contributed by atoms with Crippen LogP contribution in [0.25, 0.3) is 0 Å². The lowest BCUT2D eigenvalue weighted by Gasteiger charge is -2.33. The molecule has 1 aliphatic carbocycles. The van der Waals surface area contributed by atoms with Gasteiger partial charge < -0.3 is 4.90 Å². The molecule has 0 aliphatic heterocycles. The number of hydrogen-bond acceptors (Lipinski definition) is 3. The molecule has 2 aromatic carbocycles. The van der Waals surface area contributed by atoms with Crippen molar-refractivity contribution in [1.29, 1.82) is 0 Å². The SMILES string of the molecule is CN(C(=O)CN(c1cccc(Br)c1)S(=O)(=O)c1ccccc1)C1CCCCC1. The number of benzene rings is 2. The highest BCUT2D eigenvalue weighted by atomic mass is 79.9. The summed E-state index contributed by atoms with van der Waals surface area (Å²) in [6, 6.07) is 15.4. The second-order valence-electron chi connectivity index (χ2n) is 7.10. The summed E-state index contributed by atoms with van der Waals surface area (Å²) in [5.74, 6) is -0.189. The van der Waals surface area contributed by atoms with Gasteiger partial charge in [-0.05, 0) is 43.2 Å². The first-order valence-electron chi connectivity index (χ1n) is 9.48. The molecule has 7 heteroatoms. The fourth-order valence-electron chi connectivity index (χ4n) is 3.57. The normalized spacial score (nSPS) is 15.2. The molecule has 1 saturated carbocycles. The van der Waals surface area contributed by atoms with Gasteiger partial charge in [-0.25, -0.2) is 8.42 Å². The average Bonchev–Trinajstić information content (AvgIpc) is 2.72. The van der Waals surface area contributed by atoms with E-state index in [4.69, 9.17) is 0 Å². The molecule has 3 rings (SSSR count). The summed E-state index contributed by atoms with van der Waals surface area (Å²) in [5, 5.41) is 0. The first-order chi connectivity index (χ1) is 13.4. The van der Waals surface area contributed by atoms with Crippen LogP contribution < -0.4 is 4.31 Å². The van der Waals surface area contributed by atoms with Crippen LogP contribution in [0, 0.1) is 0 Å². The molecule has 0 aromatic heterocycles. The molecule has 0 radical (unpaired) electrons. The molecule has 0 heterocycles. The Morgan fingerprint density at radius 3 is 2.36 bits per heavy atom. The molecule has 0 N–H and O–H groups in total. The molecule has 0 spiro atoms.